The van der Waals surface area contributed by atoms with Crippen molar-refractivity contribution in [3.8, 4) is 0 Å². The summed E-state index contributed by atoms with van der Waals surface area (Å²) < 4.78 is 2.89. The van der Waals surface area contributed by atoms with Crippen molar-refractivity contribution in [2.75, 3.05) is 5.73 Å². The van der Waals surface area contributed by atoms with Crippen molar-refractivity contribution in [3.63, 3.8) is 0 Å². The average Bonchev–Trinajstić information content (AvgIpc) is 2.44. The van der Waals surface area contributed by atoms with Crippen LogP contribution in [0.25, 0.3) is 0 Å². The van der Waals surface area contributed by atoms with Crippen LogP contribution in [-0.4, -0.2) is 9.78 Å². The van der Waals surface area contributed by atoms with Crippen molar-refractivity contribution in [2.45, 2.75) is 46.1 Å². The van der Waals surface area contributed by atoms with Crippen molar-refractivity contribution < 1.29 is 0 Å². The zero-order valence-corrected chi connectivity index (χ0v) is 11.8. The molecule has 2 atom stereocenters. The Balaban J connectivity index is 2.24. The molecule has 3 nitrogen and oxygen atoms in total. The van der Waals surface area contributed by atoms with Gasteiger partial charge in [0.2, 0.25) is 0 Å². The Kier molecular flexibility index (Phi) is 3.03. The quantitative estimate of drug-likeness (QED) is 0.857. The van der Waals surface area contributed by atoms with Gasteiger partial charge in [-0.15, -0.1) is 0 Å². The highest BCUT2D eigenvalue weighted by molar-refractivity contribution is 9.10. The fourth-order valence-electron chi connectivity index (χ4n) is 3.12. The lowest BCUT2D eigenvalue weighted by Gasteiger charge is -2.39. The molecule has 2 rings (SSSR count). The number of halogens is 1. The minimum absolute atomic E-state index is 0.396. The Hall–Kier alpha value is -0.510. The molecule has 0 bridgehead atoms. The molecular formula is C12H20BrN3. The molecule has 90 valence electrons. The highest BCUT2D eigenvalue weighted by Gasteiger charge is 2.34. The minimum Gasteiger partial charge on any atom is -0.383 e. The summed E-state index contributed by atoms with van der Waals surface area (Å²) in [5.74, 6) is 1.51. The molecule has 1 aliphatic carbocycles. The third kappa shape index (κ3) is 2.26. The van der Waals surface area contributed by atoms with Crippen LogP contribution in [0.3, 0.4) is 0 Å². The first-order valence-electron chi connectivity index (χ1n) is 5.87. The smallest absolute Gasteiger partial charge is 0.136 e. The van der Waals surface area contributed by atoms with E-state index in [2.05, 4.69) is 41.8 Å². The molecule has 1 saturated carbocycles. The van der Waals surface area contributed by atoms with Gasteiger partial charge in [-0.2, -0.15) is 5.10 Å². The Bertz CT molecular complexity index is 384. The van der Waals surface area contributed by atoms with Gasteiger partial charge in [0.05, 0.1) is 16.7 Å². The van der Waals surface area contributed by atoms with E-state index in [1.165, 1.54) is 12.8 Å². The summed E-state index contributed by atoms with van der Waals surface area (Å²) >= 11 is 3.42. The topological polar surface area (TPSA) is 43.8 Å². The van der Waals surface area contributed by atoms with Crippen LogP contribution < -0.4 is 5.73 Å². The Morgan fingerprint density at radius 3 is 2.69 bits per heavy atom. The molecule has 1 aromatic heterocycles. The average molecular weight is 286 g/mol. The largest absolute Gasteiger partial charge is 0.383 e. The maximum Gasteiger partial charge on any atom is 0.136 e. The highest BCUT2D eigenvalue weighted by Crippen LogP contribution is 2.44. The van der Waals surface area contributed by atoms with Gasteiger partial charge >= 0.3 is 0 Å². The minimum atomic E-state index is 0.396. The lowest BCUT2D eigenvalue weighted by atomic mass is 9.70. The van der Waals surface area contributed by atoms with Crippen LogP contribution in [0.4, 0.5) is 5.82 Å². The molecular weight excluding hydrogens is 266 g/mol. The van der Waals surface area contributed by atoms with Gasteiger partial charge in [-0.1, -0.05) is 20.8 Å². The summed E-state index contributed by atoms with van der Waals surface area (Å²) in [5.41, 5.74) is 6.42. The highest BCUT2D eigenvalue weighted by atomic mass is 79.9. The lowest BCUT2D eigenvalue weighted by molar-refractivity contribution is 0.131. The summed E-state index contributed by atoms with van der Waals surface area (Å²) in [6.45, 7) is 7.00. The van der Waals surface area contributed by atoms with Crippen molar-refractivity contribution in [1.82, 2.24) is 9.78 Å². The van der Waals surface area contributed by atoms with Crippen molar-refractivity contribution in [1.29, 1.82) is 0 Å². The third-order valence-electron chi connectivity index (χ3n) is 3.50. The predicted molar refractivity (Wildman–Crippen MR) is 70.2 cm³/mol. The monoisotopic (exact) mass is 285 g/mol. The number of nitrogens with zero attached hydrogens (tertiary/aromatic N) is 2. The number of anilines is 1. The van der Waals surface area contributed by atoms with Crippen LogP contribution >= 0.6 is 15.9 Å². The number of aromatic nitrogens is 2. The van der Waals surface area contributed by atoms with E-state index in [4.69, 9.17) is 5.73 Å². The van der Waals surface area contributed by atoms with E-state index >= 15 is 0 Å². The SMILES string of the molecule is CC1CC(n2ncc(Br)c2N)CC(C)(C)C1. The van der Waals surface area contributed by atoms with E-state index in [9.17, 15) is 0 Å². The first-order valence-corrected chi connectivity index (χ1v) is 6.67. The normalized spacial score (nSPS) is 29.2. The van der Waals surface area contributed by atoms with Crippen LogP contribution in [0.15, 0.2) is 10.7 Å². The fraction of sp³-hybridized carbons (Fsp3) is 0.750. The molecule has 0 spiro atoms. The summed E-state index contributed by atoms with van der Waals surface area (Å²) in [7, 11) is 0. The molecule has 0 amide bonds. The standard InChI is InChI=1S/C12H20BrN3/c1-8-4-9(6-12(2,3)5-8)16-11(14)10(13)7-15-16/h7-9H,4-6,14H2,1-3H3. The number of nitrogens with two attached hydrogens (primary N) is 1. The molecule has 1 aliphatic rings. The van der Waals surface area contributed by atoms with Crippen LogP contribution in [0.1, 0.15) is 46.1 Å². The number of hydrogen-bond donors (Lipinski definition) is 1. The summed E-state index contributed by atoms with van der Waals surface area (Å²) in [5, 5.41) is 4.38. The van der Waals surface area contributed by atoms with Crippen LogP contribution in [0.5, 0.6) is 0 Å². The van der Waals surface area contributed by atoms with Crippen LogP contribution in [0, 0.1) is 11.3 Å². The van der Waals surface area contributed by atoms with Gasteiger partial charge in [-0.25, -0.2) is 4.68 Å². The zero-order valence-electron chi connectivity index (χ0n) is 10.2. The molecule has 0 aliphatic heterocycles. The zero-order chi connectivity index (χ0) is 11.9. The maximum absolute atomic E-state index is 6.02. The molecule has 1 fully saturated rings. The van der Waals surface area contributed by atoms with Gasteiger partial charge in [0.1, 0.15) is 5.82 Å². The molecule has 2 N–H and O–H groups in total. The molecule has 0 saturated heterocycles. The summed E-state index contributed by atoms with van der Waals surface area (Å²) in [4.78, 5) is 0. The maximum atomic E-state index is 6.02. The molecule has 16 heavy (non-hydrogen) atoms. The van der Waals surface area contributed by atoms with E-state index in [-0.39, 0.29) is 0 Å². The second-order valence-electron chi connectivity index (χ2n) is 5.89. The fourth-order valence-corrected chi connectivity index (χ4v) is 3.40. The van der Waals surface area contributed by atoms with E-state index in [1.807, 2.05) is 4.68 Å². The first-order chi connectivity index (χ1) is 7.39. The molecule has 1 heterocycles. The van der Waals surface area contributed by atoms with Gasteiger partial charge in [-0.3, -0.25) is 0 Å². The molecule has 0 aromatic carbocycles. The van der Waals surface area contributed by atoms with Crippen LogP contribution in [0.2, 0.25) is 0 Å². The van der Waals surface area contributed by atoms with Crippen molar-refractivity contribution >= 4 is 21.7 Å². The Labute approximate surface area is 106 Å². The van der Waals surface area contributed by atoms with E-state index in [0.717, 1.165) is 22.6 Å². The molecule has 0 radical (unpaired) electrons. The predicted octanol–water partition coefficient (Wildman–Crippen LogP) is 3.62. The molecule has 1 aromatic rings. The van der Waals surface area contributed by atoms with Crippen molar-refractivity contribution in [3.05, 3.63) is 10.7 Å². The number of hydrogen-bond acceptors (Lipinski definition) is 2. The summed E-state index contributed by atoms with van der Waals surface area (Å²) in [6.07, 6.45) is 5.44. The van der Waals surface area contributed by atoms with Crippen LogP contribution in [-0.2, 0) is 0 Å². The van der Waals surface area contributed by atoms with Crippen molar-refractivity contribution in [2.24, 2.45) is 11.3 Å². The van der Waals surface area contributed by atoms with Gasteiger partial charge < -0.3 is 5.73 Å². The van der Waals surface area contributed by atoms with Gasteiger partial charge in [0, 0.05) is 0 Å². The molecule has 2 unspecified atom stereocenters. The third-order valence-corrected chi connectivity index (χ3v) is 4.11. The van der Waals surface area contributed by atoms with E-state index in [0.29, 0.717) is 11.5 Å². The van der Waals surface area contributed by atoms with Gasteiger partial charge in [0.15, 0.2) is 0 Å². The first kappa shape index (κ1) is 12.0. The summed E-state index contributed by atoms with van der Waals surface area (Å²) in [6, 6.07) is 0.449. The molecule has 4 heteroatoms. The van der Waals surface area contributed by atoms with E-state index in [1.54, 1.807) is 6.20 Å². The number of rotatable bonds is 1. The number of nitrogen functional groups attached to an aromatic ring is 1. The van der Waals surface area contributed by atoms with Gasteiger partial charge in [-0.05, 0) is 46.5 Å². The lowest BCUT2D eigenvalue weighted by Crippen LogP contribution is -2.30. The second kappa shape index (κ2) is 4.06. The Morgan fingerprint density at radius 1 is 1.50 bits per heavy atom. The van der Waals surface area contributed by atoms with E-state index < -0.39 is 0 Å². The second-order valence-corrected chi connectivity index (χ2v) is 6.74. The van der Waals surface area contributed by atoms with Gasteiger partial charge in [0.25, 0.3) is 0 Å². The Morgan fingerprint density at radius 2 is 2.19 bits per heavy atom.